The van der Waals surface area contributed by atoms with Gasteiger partial charge in [-0.3, -0.25) is 0 Å². The fraction of sp³-hybridized carbons (Fsp3) is 0.562. The first-order chi connectivity index (χ1) is 8.70. The standard InChI is InChI=1S/C16H22N2/c1-12(2)15(10-17)11-18-16-8-7-13-5-3-4-6-14(13)9-16/h7-9,12,15,18H,3-6,11H2,1-2H3. The predicted octanol–water partition coefficient (Wildman–Crippen LogP) is 3.77. The lowest BCUT2D eigenvalue weighted by Crippen LogP contribution is -2.18. The number of anilines is 1. The molecule has 1 aliphatic rings. The Kier molecular flexibility index (Phi) is 4.25. The number of aryl methyl sites for hydroxylation is 2. The third-order valence-corrected chi connectivity index (χ3v) is 3.85. The molecular formula is C16H22N2. The Morgan fingerprint density at radius 1 is 1.22 bits per heavy atom. The summed E-state index contributed by atoms with van der Waals surface area (Å²) in [6, 6.07) is 9.03. The summed E-state index contributed by atoms with van der Waals surface area (Å²) in [5.41, 5.74) is 4.16. The molecule has 0 saturated heterocycles. The number of hydrogen-bond acceptors (Lipinski definition) is 2. The molecule has 0 spiro atoms. The minimum absolute atomic E-state index is 0.0843. The van der Waals surface area contributed by atoms with E-state index in [-0.39, 0.29) is 5.92 Å². The van der Waals surface area contributed by atoms with E-state index in [1.165, 1.54) is 36.8 Å². The van der Waals surface area contributed by atoms with Gasteiger partial charge in [-0.05, 0) is 54.9 Å². The molecule has 2 heteroatoms. The van der Waals surface area contributed by atoms with Crippen molar-refractivity contribution >= 4 is 5.69 Å². The summed E-state index contributed by atoms with van der Waals surface area (Å²) in [6.45, 7) is 4.94. The highest BCUT2D eigenvalue weighted by Crippen LogP contribution is 2.24. The molecule has 0 amide bonds. The molecule has 2 nitrogen and oxygen atoms in total. The van der Waals surface area contributed by atoms with Crippen LogP contribution in [0.4, 0.5) is 5.69 Å². The van der Waals surface area contributed by atoms with E-state index < -0.39 is 0 Å². The van der Waals surface area contributed by atoms with E-state index in [0.29, 0.717) is 5.92 Å². The van der Waals surface area contributed by atoms with Crippen LogP contribution in [0.1, 0.15) is 37.8 Å². The Balaban J connectivity index is 2.00. The van der Waals surface area contributed by atoms with Crippen molar-refractivity contribution in [3.63, 3.8) is 0 Å². The first kappa shape index (κ1) is 13.0. The van der Waals surface area contributed by atoms with Crippen LogP contribution < -0.4 is 5.32 Å². The number of hydrogen-bond donors (Lipinski definition) is 1. The van der Waals surface area contributed by atoms with Gasteiger partial charge in [-0.25, -0.2) is 0 Å². The second-order valence-corrected chi connectivity index (χ2v) is 5.55. The fourth-order valence-electron chi connectivity index (χ4n) is 2.50. The summed E-state index contributed by atoms with van der Waals surface area (Å²) in [5.74, 6) is 0.487. The third-order valence-electron chi connectivity index (χ3n) is 3.85. The summed E-state index contributed by atoms with van der Waals surface area (Å²) >= 11 is 0. The van der Waals surface area contributed by atoms with E-state index in [1.807, 2.05) is 0 Å². The predicted molar refractivity (Wildman–Crippen MR) is 75.5 cm³/mol. The molecule has 0 saturated carbocycles. The van der Waals surface area contributed by atoms with Crippen molar-refractivity contribution in [2.24, 2.45) is 11.8 Å². The molecule has 1 aromatic carbocycles. The smallest absolute Gasteiger partial charge is 0.0677 e. The zero-order valence-corrected chi connectivity index (χ0v) is 11.4. The molecule has 0 aromatic heterocycles. The first-order valence-electron chi connectivity index (χ1n) is 6.96. The molecule has 1 atom stereocenters. The minimum Gasteiger partial charge on any atom is -0.384 e. The van der Waals surface area contributed by atoms with Crippen molar-refractivity contribution in [3.8, 4) is 6.07 Å². The van der Waals surface area contributed by atoms with Gasteiger partial charge in [-0.1, -0.05) is 19.9 Å². The zero-order valence-electron chi connectivity index (χ0n) is 11.4. The van der Waals surface area contributed by atoms with Gasteiger partial charge in [-0.15, -0.1) is 0 Å². The minimum atomic E-state index is 0.0843. The highest BCUT2D eigenvalue weighted by Gasteiger charge is 2.13. The number of nitrogens with zero attached hydrogens (tertiary/aromatic N) is 1. The first-order valence-corrected chi connectivity index (χ1v) is 6.96. The largest absolute Gasteiger partial charge is 0.384 e. The molecule has 2 rings (SSSR count). The van der Waals surface area contributed by atoms with E-state index in [1.54, 1.807) is 0 Å². The van der Waals surface area contributed by atoms with Crippen LogP contribution in [-0.4, -0.2) is 6.54 Å². The molecule has 1 unspecified atom stereocenters. The number of rotatable bonds is 4. The van der Waals surface area contributed by atoms with Crippen molar-refractivity contribution in [3.05, 3.63) is 29.3 Å². The summed E-state index contributed by atoms with van der Waals surface area (Å²) in [4.78, 5) is 0. The van der Waals surface area contributed by atoms with Crippen LogP contribution in [0.25, 0.3) is 0 Å². The van der Waals surface area contributed by atoms with Crippen LogP contribution >= 0.6 is 0 Å². The highest BCUT2D eigenvalue weighted by molar-refractivity contribution is 5.49. The molecule has 1 aliphatic carbocycles. The fourth-order valence-corrected chi connectivity index (χ4v) is 2.50. The van der Waals surface area contributed by atoms with E-state index in [4.69, 9.17) is 5.26 Å². The van der Waals surface area contributed by atoms with Gasteiger partial charge in [0.1, 0.15) is 0 Å². The van der Waals surface area contributed by atoms with Crippen molar-refractivity contribution in [1.29, 1.82) is 5.26 Å². The lowest BCUT2D eigenvalue weighted by Gasteiger charge is -2.19. The number of benzene rings is 1. The second-order valence-electron chi connectivity index (χ2n) is 5.55. The van der Waals surface area contributed by atoms with Crippen LogP contribution in [0.15, 0.2) is 18.2 Å². The molecule has 1 N–H and O–H groups in total. The zero-order chi connectivity index (χ0) is 13.0. The molecule has 1 aromatic rings. The normalized spacial score (nSPS) is 15.9. The maximum atomic E-state index is 9.08. The molecule has 0 bridgehead atoms. The Bertz CT molecular complexity index is 443. The van der Waals surface area contributed by atoms with Crippen LogP contribution in [0.2, 0.25) is 0 Å². The summed E-state index contributed by atoms with van der Waals surface area (Å²) < 4.78 is 0. The topological polar surface area (TPSA) is 35.8 Å². The SMILES string of the molecule is CC(C)C(C#N)CNc1ccc2c(c1)CCCC2. The molecular weight excluding hydrogens is 220 g/mol. The molecule has 96 valence electrons. The number of nitrogens with one attached hydrogen (secondary N) is 1. The summed E-state index contributed by atoms with van der Waals surface area (Å²) in [6.07, 6.45) is 5.06. The van der Waals surface area contributed by atoms with Crippen molar-refractivity contribution in [2.45, 2.75) is 39.5 Å². The molecule has 0 fully saturated rings. The summed E-state index contributed by atoms with van der Waals surface area (Å²) in [5, 5.41) is 12.5. The van der Waals surface area contributed by atoms with E-state index >= 15 is 0 Å². The molecule has 0 heterocycles. The molecule has 0 aliphatic heterocycles. The molecule has 0 radical (unpaired) electrons. The Morgan fingerprint density at radius 3 is 2.61 bits per heavy atom. The van der Waals surface area contributed by atoms with Crippen molar-refractivity contribution < 1.29 is 0 Å². The number of nitriles is 1. The van der Waals surface area contributed by atoms with Crippen LogP contribution in [0.3, 0.4) is 0 Å². The molecule has 18 heavy (non-hydrogen) atoms. The Labute approximate surface area is 110 Å². The van der Waals surface area contributed by atoms with Gasteiger partial charge in [0.15, 0.2) is 0 Å². The van der Waals surface area contributed by atoms with Gasteiger partial charge in [0.25, 0.3) is 0 Å². The van der Waals surface area contributed by atoms with Gasteiger partial charge in [-0.2, -0.15) is 5.26 Å². The van der Waals surface area contributed by atoms with Gasteiger partial charge in [0, 0.05) is 12.2 Å². The average Bonchev–Trinajstić information content (AvgIpc) is 2.39. The van der Waals surface area contributed by atoms with Crippen LogP contribution in [-0.2, 0) is 12.8 Å². The lowest BCUT2D eigenvalue weighted by molar-refractivity contribution is 0.496. The van der Waals surface area contributed by atoms with E-state index in [0.717, 1.165) is 12.2 Å². The second kappa shape index (κ2) is 5.91. The van der Waals surface area contributed by atoms with Crippen LogP contribution in [0, 0.1) is 23.2 Å². The lowest BCUT2D eigenvalue weighted by atomic mass is 9.91. The van der Waals surface area contributed by atoms with Crippen molar-refractivity contribution in [2.75, 3.05) is 11.9 Å². The van der Waals surface area contributed by atoms with E-state index in [9.17, 15) is 0 Å². The maximum absolute atomic E-state index is 9.08. The monoisotopic (exact) mass is 242 g/mol. The maximum Gasteiger partial charge on any atom is 0.0677 e. The summed E-state index contributed by atoms with van der Waals surface area (Å²) in [7, 11) is 0. The van der Waals surface area contributed by atoms with Gasteiger partial charge in [0.2, 0.25) is 0 Å². The van der Waals surface area contributed by atoms with Gasteiger partial charge < -0.3 is 5.32 Å². The van der Waals surface area contributed by atoms with Crippen LogP contribution in [0.5, 0.6) is 0 Å². The number of fused-ring (bicyclic) bond motifs is 1. The Hall–Kier alpha value is -1.49. The van der Waals surface area contributed by atoms with Crippen molar-refractivity contribution in [1.82, 2.24) is 0 Å². The third kappa shape index (κ3) is 3.04. The Morgan fingerprint density at radius 2 is 1.94 bits per heavy atom. The highest BCUT2D eigenvalue weighted by atomic mass is 14.9. The van der Waals surface area contributed by atoms with Gasteiger partial charge in [0.05, 0.1) is 12.0 Å². The van der Waals surface area contributed by atoms with E-state index in [2.05, 4.69) is 43.4 Å². The quantitative estimate of drug-likeness (QED) is 0.872. The average molecular weight is 242 g/mol. The van der Waals surface area contributed by atoms with Gasteiger partial charge >= 0.3 is 0 Å².